The van der Waals surface area contributed by atoms with Gasteiger partial charge in [-0.2, -0.15) is 0 Å². The number of aliphatic hydroxyl groups is 1. The van der Waals surface area contributed by atoms with Crippen LogP contribution in [0.25, 0.3) is 0 Å². The highest BCUT2D eigenvalue weighted by Gasteiger charge is 2.14. The Balaban J connectivity index is 2.80. The van der Waals surface area contributed by atoms with E-state index in [2.05, 4.69) is 26.2 Å². The molecule has 0 aliphatic rings. The van der Waals surface area contributed by atoms with E-state index < -0.39 is 11.7 Å². The van der Waals surface area contributed by atoms with Crippen molar-refractivity contribution in [1.29, 1.82) is 0 Å². The molecule has 0 radical (unpaired) electrons. The van der Waals surface area contributed by atoms with Crippen molar-refractivity contribution in [2.75, 3.05) is 5.32 Å². The van der Waals surface area contributed by atoms with E-state index in [1.807, 2.05) is 0 Å². The fraction of sp³-hybridized carbons (Fsp3) is 0.455. The average Bonchev–Trinajstić information content (AvgIpc) is 2.17. The lowest BCUT2D eigenvalue weighted by Gasteiger charge is -2.17. The second-order valence-corrected chi connectivity index (χ2v) is 5.22. The van der Waals surface area contributed by atoms with Crippen LogP contribution in [0, 0.1) is 0 Å². The van der Waals surface area contributed by atoms with Crippen LogP contribution >= 0.6 is 15.9 Å². The van der Waals surface area contributed by atoms with E-state index in [1.54, 1.807) is 26.0 Å². The Morgan fingerprint density at radius 1 is 1.53 bits per heavy atom. The number of halogens is 1. The Hall–Kier alpha value is -1.14. The molecule has 94 valence electrons. The topological polar surface area (TPSA) is 82.5 Å². The van der Waals surface area contributed by atoms with Crippen LogP contribution in [-0.4, -0.2) is 26.9 Å². The minimum Gasteiger partial charge on any atom is -0.465 e. The molecule has 1 aromatic heterocycles. The van der Waals surface area contributed by atoms with Crippen LogP contribution in [0.1, 0.15) is 26.0 Å². The number of nitrogens with zero attached hydrogens (tertiary/aromatic N) is 1. The smallest absolute Gasteiger partial charge is 0.410 e. The molecular weight excluding hydrogens is 288 g/mol. The molecule has 0 bridgehead atoms. The first kappa shape index (κ1) is 13.9. The molecule has 1 amide bonds. The number of carboxylic acid groups (broad SMARTS) is 1. The largest absolute Gasteiger partial charge is 0.465 e. The van der Waals surface area contributed by atoms with Crippen molar-refractivity contribution in [2.24, 2.45) is 0 Å². The van der Waals surface area contributed by atoms with Crippen LogP contribution in [0.4, 0.5) is 10.6 Å². The normalized spacial score (nSPS) is 11.3. The lowest BCUT2D eigenvalue weighted by Crippen LogP contribution is -2.19. The van der Waals surface area contributed by atoms with E-state index in [0.717, 1.165) is 10.2 Å². The Morgan fingerprint density at radius 3 is 2.71 bits per heavy atom. The number of carbonyl (C=O) groups is 1. The summed E-state index contributed by atoms with van der Waals surface area (Å²) in [4.78, 5) is 14.6. The third-order valence-electron chi connectivity index (χ3n) is 2.13. The maximum absolute atomic E-state index is 10.5. The van der Waals surface area contributed by atoms with Gasteiger partial charge in [-0.15, -0.1) is 0 Å². The summed E-state index contributed by atoms with van der Waals surface area (Å²) in [6.45, 7) is 3.44. The number of hydrogen-bond donors (Lipinski definition) is 3. The minimum atomic E-state index is -1.15. The summed E-state index contributed by atoms with van der Waals surface area (Å²) in [6, 6.07) is 3.31. The van der Waals surface area contributed by atoms with Gasteiger partial charge in [0.25, 0.3) is 0 Å². The third-order valence-corrected chi connectivity index (χ3v) is 2.85. The van der Waals surface area contributed by atoms with Crippen molar-refractivity contribution < 1.29 is 15.0 Å². The predicted octanol–water partition coefficient (Wildman–Crippen LogP) is 2.64. The SMILES string of the molecule is CC(C)(O)CCc1nc(NC(=O)O)ccc1Br. The van der Waals surface area contributed by atoms with Crippen LogP contribution in [0.5, 0.6) is 0 Å². The fourth-order valence-electron chi connectivity index (χ4n) is 1.26. The van der Waals surface area contributed by atoms with E-state index in [4.69, 9.17) is 5.11 Å². The molecule has 0 saturated carbocycles. The summed E-state index contributed by atoms with van der Waals surface area (Å²) in [5.74, 6) is 0.284. The third kappa shape index (κ3) is 5.14. The number of aryl methyl sites for hydroxylation is 1. The zero-order chi connectivity index (χ0) is 13.1. The Morgan fingerprint density at radius 2 is 2.18 bits per heavy atom. The first-order valence-corrected chi connectivity index (χ1v) is 5.95. The molecule has 0 aromatic carbocycles. The number of anilines is 1. The van der Waals surface area contributed by atoms with Gasteiger partial charge in [0.1, 0.15) is 5.82 Å². The second kappa shape index (κ2) is 5.46. The number of hydrogen-bond acceptors (Lipinski definition) is 3. The quantitative estimate of drug-likeness (QED) is 0.798. The van der Waals surface area contributed by atoms with Crippen LogP contribution in [-0.2, 0) is 6.42 Å². The molecular formula is C11H15BrN2O3. The van der Waals surface area contributed by atoms with Gasteiger partial charge < -0.3 is 10.2 Å². The summed E-state index contributed by atoms with van der Waals surface area (Å²) >= 11 is 3.35. The van der Waals surface area contributed by atoms with Gasteiger partial charge >= 0.3 is 6.09 Å². The molecule has 0 aliphatic carbocycles. The Kier molecular flexibility index (Phi) is 4.47. The molecule has 0 aliphatic heterocycles. The molecule has 0 unspecified atom stereocenters. The van der Waals surface area contributed by atoms with Crippen LogP contribution in [0.3, 0.4) is 0 Å². The lowest BCUT2D eigenvalue weighted by atomic mass is 10.0. The standard InChI is InChI=1S/C11H15BrN2O3/c1-11(2,17)6-5-8-7(12)3-4-9(13-8)14-10(15)16/h3-4,17H,5-6H2,1-2H3,(H,13,14)(H,15,16). The van der Waals surface area contributed by atoms with Crippen molar-refractivity contribution in [1.82, 2.24) is 4.98 Å². The lowest BCUT2D eigenvalue weighted by molar-refractivity contribution is 0.0711. The number of amides is 1. The molecule has 1 aromatic rings. The van der Waals surface area contributed by atoms with Gasteiger partial charge in [0.15, 0.2) is 0 Å². The number of pyridine rings is 1. The fourth-order valence-corrected chi connectivity index (χ4v) is 1.68. The van der Waals surface area contributed by atoms with E-state index in [0.29, 0.717) is 12.8 Å². The summed E-state index contributed by atoms with van der Waals surface area (Å²) in [6.07, 6.45) is -0.0257. The van der Waals surface area contributed by atoms with Gasteiger partial charge in [0, 0.05) is 4.47 Å². The molecule has 1 rings (SSSR count). The number of rotatable bonds is 4. The highest BCUT2D eigenvalue weighted by molar-refractivity contribution is 9.10. The van der Waals surface area contributed by atoms with E-state index in [-0.39, 0.29) is 5.82 Å². The van der Waals surface area contributed by atoms with Crippen molar-refractivity contribution in [3.05, 3.63) is 22.3 Å². The van der Waals surface area contributed by atoms with E-state index >= 15 is 0 Å². The minimum absolute atomic E-state index is 0.284. The molecule has 1 heterocycles. The summed E-state index contributed by atoms with van der Waals surface area (Å²) < 4.78 is 0.803. The summed E-state index contributed by atoms with van der Waals surface area (Å²) in [7, 11) is 0. The van der Waals surface area contributed by atoms with Crippen molar-refractivity contribution in [2.45, 2.75) is 32.3 Å². The monoisotopic (exact) mass is 302 g/mol. The van der Waals surface area contributed by atoms with Crippen molar-refractivity contribution >= 4 is 27.8 Å². The van der Waals surface area contributed by atoms with Gasteiger partial charge in [-0.25, -0.2) is 9.78 Å². The van der Waals surface area contributed by atoms with Crippen LogP contribution < -0.4 is 5.32 Å². The highest BCUT2D eigenvalue weighted by Crippen LogP contribution is 2.21. The molecule has 3 N–H and O–H groups in total. The maximum atomic E-state index is 10.5. The van der Waals surface area contributed by atoms with Crippen LogP contribution in [0.2, 0.25) is 0 Å². The van der Waals surface area contributed by atoms with Gasteiger partial charge in [-0.3, -0.25) is 5.32 Å². The first-order valence-electron chi connectivity index (χ1n) is 5.16. The van der Waals surface area contributed by atoms with Gasteiger partial charge in [0.2, 0.25) is 0 Å². The van der Waals surface area contributed by atoms with E-state index in [1.165, 1.54) is 0 Å². The average molecular weight is 303 g/mol. The number of aromatic nitrogens is 1. The molecule has 17 heavy (non-hydrogen) atoms. The zero-order valence-electron chi connectivity index (χ0n) is 9.70. The molecule has 0 atom stereocenters. The van der Waals surface area contributed by atoms with Gasteiger partial charge in [-0.05, 0) is 54.8 Å². The molecule has 0 spiro atoms. The molecule has 0 fully saturated rings. The summed E-state index contributed by atoms with van der Waals surface area (Å²) in [5.41, 5.74) is -0.0458. The molecule has 0 saturated heterocycles. The predicted molar refractivity (Wildman–Crippen MR) is 68.2 cm³/mol. The van der Waals surface area contributed by atoms with Gasteiger partial charge in [-0.1, -0.05) is 0 Å². The first-order chi connectivity index (χ1) is 7.78. The van der Waals surface area contributed by atoms with Crippen molar-refractivity contribution in [3.8, 4) is 0 Å². The van der Waals surface area contributed by atoms with Crippen LogP contribution in [0.15, 0.2) is 16.6 Å². The second-order valence-electron chi connectivity index (χ2n) is 4.37. The zero-order valence-corrected chi connectivity index (χ0v) is 11.3. The van der Waals surface area contributed by atoms with E-state index in [9.17, 15) is 9.90 Å². The van der Waals surface area contributed by atoms with Crippen molar-refractivity contribution in [3.63, 3.8) is 0 Å². The molecule has 6 heteroatoms. The van der Waals surface area contributed by atoms with Gasteiger partial charge in [0.05, 0.1) is 11.3 Å². The Labute approximate surface area is 108 Å². The highest BCUT2D eigenvalue weighted by atomic mass is 79.9. The molecule has 5 nitrogen and oxygen atoms in total. The number of nitrogens with one attached hydrogen (secondary N) is 1. The maximum Gasteiger partial charge on any atom is 0.410 e. The Bertz CT molecular complexity index is 416. The summed E-state index contributed by atoms with van der Waals surface area (Å²) in [5, 5.41) is 20.4.